The number of pyridine rings is 1. The number of aromatic nitrogens is 2. The predicted molar refractivity (Wildman–Crippen MR) is 77.9 cm³/mol. The summed E-state index contributed by atoms with van der Waals surface area (Å²) in [7, 11) is 0. The van der Waals surface area contributed by atoms with E-state index in [0.717, 1.165) is 11.4 Å². The zero-order chi connectivity index (χ0) is 13.8. The summed E-state index contributed by atoms with van der Waals surface area (Å²) in [5.74, 6) is 0.260. The third-order valence-corrected chi connectivity index (χ3v) is 3.55. The Labute approximate surface area is 120 Å². The van der Waals surface area contributed by atoms with Crippen LogP contribution in [0.1, 0.15) is 29.3 Å². The molecule has 0 saturated heterocycles. The number of hydrogen-bond donors (Lipinski definition) is 1. The molecule has 0 fully saturated rings. The lowest BCUT2D eigenvalue weighted by Crippen LogP contribution is -2.13. The van der Waals surface area contributed by atoms with Gasteiger partial charge in [-0.3, -0.25) is 4.79 Å². The second-order valence-corrected chi connectivity index (χ2v) is 5.82. The molecule has 4 nitrogen and oxygen atoms in total. The zero-order valence-electron chi connectivity index (χ0n) is 10.7. The Hall–Kier alpha value is -1.46. The largest absolute Gasteiger partial charge is 0.318 e. The summed E-state index contributed by atoms with van der Waals surface area (Å²) in [5, 5.41) is 5.71. The summed E-state index contributed by atoms with van der Waals surface area (Å²) in [6, 6.07) is 3.42. The molecule has 1 N–H and O–H groups in total. The maximum Gasteiger partial charge on any atom is 0.275 e. The van der Waals surface area contributed by atoms with E-state index in [1.165, 1.54) is 11.3 Å². The standard InChI is InChI=1S/C13H14ClN3OS/c1-8(2)6-11-16-10(7-19-11)13(18)17-9-4-3-5-15-12(9)14/h3-5,7-8H,6H2,1-2H3,(H,17,18). The number of carbonyl (C=O) groups is 1. The first-order valence-corrected chi connectivity index (χ1v) is 7.18. The molecule has 0 aliphatic rings. The lowest BCUT2D eigenvalue weighted by Gasteiger charge is -2.04. The number of carbonyl (C=O) groups excluding carboxylic acids is 1. The molecule has 19 heavy (non-hydrogen) atoms. The van der Waals surface area contributed by atoms with Crippen LogP contribution >= 0.6 is 22.9 Å². The molecule has 100 valence electrons. The minimum Gasteiger partial charge on any atom is -0.318 e. The molecular formula is C13H14ClN3OS. The van der Waals surface area contributed by atoms with Gasteiger partial charge in [-0.1, -0.05) is 25.4 Å². The van der Waals surface area contributed by atoms with E-state index in [0.29, 0.717) is 17.3 Å². The van der Waals surface area contributed by atoms with E-state index in [2.05, 4.69) is 29.1 Å². The van der Waals surface area contributed by atoms with Gasteiger partial charge in [-0.2, -0.15) is 0 Å². The number of nitrogens with zero attached hydrogens (tertiary/aromatic N) is 2. The van der Waals surface area contributed by atoms with E-state index < -0.39 is 0 Å². The van der Waals surface area contributed by atoms with Crippen molar-refractivity contribution in [1.82, 2.24) is 9.97 Å². The van der Waals surface area contributed by atoms with Crippen LogP contribution in [0.15, 0.2) is 23.7 Å². The normalized spacial score (nSPS) is 10.7. The van der Waals surface area contributed by atoms with Crippen molar-refractivity contribution in [3.63, 3.8) is 0 Å². The molecule has 2 rings (SSSR count). The number of amides is 1. The van der Waals surface area contributed by atoms with E-state index in [9.17, 15) is 4.79 Å². The minimum atomic E-state index is -0.263. The first kappa shape index (κ1) is 14.0. The first-order valence-electron chi connectivity index (χ1n) is 5.92. The monoisotopic (exact) mass is 295 g/mol. The van der Waals surface area contributed by atoms with Crippen LogP contribution in [0.2, 0.25) is 5.15 Å². The van der Waals surface area contributed by atoms with Gasteiger partial charge in [-0.05, 0) is 18.1 Å². The quantitative estimate of drug-likeness (QED) is 0.876. The SMILES string of the molecule is CC(C)Cc1nc(C(=O)Nc2cccnc2Cl)cs1. The smallest absolute Gasteiger partial charge is 0.275 e. The van der Waals surface area contributed by atoms with Crippen LogP contribution in [0, 0.1) is 5.92 Å². The Balaban J connectivity index is 2.08. The van der Waals surface area contributed by atoms with Gasteiger partial charge < -0.3 is 5.32 Å². The molecule has 0 bridgehead atoms. The highest BCUT2D eigenvalue weighted by Gasteiger charge is 2.13. The van der Waals surface area contributed by atoms with E-state index in [4.69, 9.17) is 11.6 Å². The lowest BCUT2D eigenvalue weighted by atomic mass is 10.1. The summed E-state index contributed by atoms with van der Waals surface area (Å²) in [5.41, 5.74) is 0.910. The van der Waals surface area contributed by atoms with Crippen LogP contribution < -0.4 is 5.32 Å². The van der Waals surface area contributed by atoms with Gasteiger partial charge in [0.05, 0.1) is 10.7 Å². The van der Waals surface area contributed by atoms with Crippen molar-refractivity contribution in [3.8, 4) is 0 Å². The van der Waals surface area contributed by atoms with E-state index in [1.54, 1.807) is 23.7 Å². The average Bonchev–Trinajstić information content (AvgIpc) is 2.79. The van der Waals surface area contributed by atoms with Crippen molar-refractivity contribution >= 4 is 34.5 Å². The van der Waals surface area contributed by atoms with Crippen LogP contribution in [-0.2, 0) is 6.42 Å². The van der Waals surface area contributed by atoms with Crippen LogP contribution in [0.5, 0.6) is 0 Å². The van der Waals surface area contributed by atoms with Crippen LogP contribution in [0.3, 0.4) is 0 Å². The van der Waals surface area contributed by atoms with Crippen molar-refractivity contribution in [2.24, 2.45) is 5.92 Å². The maximum absolute atomic E-state index is 12.0. The van der Waals surface area contributed by atoms with Gasteiger partial charge in [0.1, 0.15) is 5.69 Å². The fourth-order valence-corrected chi connectivity index (χ4v) is 2.68. The van der Waals surface area contributed by atoms with Crippen molar-refractivity contribution < 1.29 is 4.79 Å². The average molecular weight is 296 g/mol. The number of rotatable bonds is 4. The summed E-state index contributed by atoms with van der Waals surface area (Å²) < 4.78 is 0. The Morgan fingerprint density at radius 3 is 3.00 bits per heavy atom. The Morgan fingerprint density at radius 2 is 2.32 bits per heavy atom. The molecule has 0 aliphatic heterocycles. The third-order valence-electron chi connectivity index (χ3n) is 2.37. The molecule has 0 unspecified atom stereocenters. The van der Waals surface area contributed by atoms with Crippen molar-refractivity contribution in [2.45, 2.75) is 20.3 Å². The molecule has 0 aromatic carbocycles. The van der Waals surface area contributed by atoms with E-state index in [1.807, 2.05) is 0 Å². The molecule has 0 atom stereocenters. The topological polar surface area (TPSA) is 54.9 Å². The Bertz CT molecular complexity index is 583. The molecule has 0 saturated carbocycles. The maximum atomic E-state index is 12.0. The number of thiazole rings is 1. The molecule has 1 amide bonds. The second kappa shape index (κ2) is 6.12. The van der Waals surface area contributed by atoms with Crippen molar-refractivity contribution in [2.75, 3.05) is 5.32 Å². The third kappa shape index (κ3) is 3.75. The molecule has 0 radical (unpaired) electrons. The van der Waals surface area contributed by atoms with Gasteiger partial charge in [0.25, 0.3) is 5.91 Å². The van der Waals surface area contributed by atoms with Crippen LogP contribution in [0.25, 0.3) is 0 Å². The minimum absolute atomic E-state index is 0.263. The van der Waals surface area contributed by atoms with Crippen molar-refractivity contribution in [1.29, 1.82) is 0 Å². The second-order valence-electron chi connectivity index (χ2n) is 4.52. The fourth-order valence-electron chi connectivity index (χ4n) is 1.52. The summed E-state index contributed by atoms with van der Waals surface area (Å²) in [4.78, 5) is 20.2. The highest BCUT2D eigenvalue weighted by molar-refractivity contribution is 7.09. The zero-order valence-corrected chi connectivity index (χ0v) is 12.3. The molecule has 2 aromatic rings. The number of hydrogen-bond acceptors (Lipinski definition) is 4. The molecule has 2 heterocycles. The number of nitrogens with one attached hydrogen (secondary N) is 1. The highest BCUT2D eigenvalue weighted by atomic mass is 35.5. The molecule has 6 heteroatoms. The van der Waals surface area contributed by atoms with E-state index >= 15 is 0 Å². The van der Waals surface area contributed by atoms with Gasteiger partial charge in [0, 0.05) is 18.0 Å². The Kier molecular flexibility index (Phi) is 4.50. The number of halogens is 1. The van der Waals surface area contributed by atoms with Crippen LogP contribution in [0.4, 0.5) is 5.69 Å². The summed E-state index contributed by atoms with van der Waals surface area (Å²) in [6.45, 7) is 4.24. The predicted octanol–water partition coefficient (Wildman–Crippen LogP) is 3.64. The molecule has 0 aliphatic carbocycles. The fraction of sp³-hybridized carbons (Fsp3) is 0.308. The molecular weight excluding hydrogens is 282 g/mol. The molecule has 0 spiro atoms. The van der Waals surface area contributed by atoms with Crippen LogP contribution in [-0.4, -0.2) is 15.9 Å². The van der Waals surface area contributed by atoms with Gasteiger partial charge in [-0.15, -0.1) is 11.3 Å². The van der Waals surface area contributed by atoms with E-state index in [-0.39, 0.29) is 11.1 Å². The Morgan fingerprint density at radius 1 is 1.53 bits per heavy atom. The van der Waals surface area contributed by atoms with Crippen molar-refractivity contribution in [3.05, 3.63) is 39.6 Å². The lowest BCUT2D eigenvalue weighted by molar-refractivity contribution is 0.102. The first-order chi connectivity index (χ1) is 9.06. The summed E-state index contributed by atoms with van der Waals surface area (Å²) >= 11 is 7.39. The van der Waals surface area contributed by atoms with Gasteiger partial charge in [0.15, 0.2) is 5.15 Å². The van der Waals surface area contributed by atoms with Gasteiger partial charge >= 0.3 is 0 Å². The highest BCUT2D eigenvalue weighted by Crippen LogP contribution is 2.19. The molecule has 2 aromatic heterocycles. The summed E-state index contributed by atoms with van der Waals surface area (Å²) in [6.07, 6.45) is 2.45. The van der Waals surface area contributed by atoms with Gasteiger partial charge in [-0.25, -0.2) is 9.97 Å². The van der Waals surface area contributed by atoms with Gasteiger partial charge in [0.2, 0.25) is 0 Å². The number of anilines is 1.